The van der Waals surface area contributed by atoms with Crippen molar-refractivity contribution in [2.45, 2.75) is 46.6 Å². The second kappa shape index (κ2) is 8.76. The van der Waals surface area contributed by atoms with Crippen LogP contribution in [0, 0.1) is 6.92 Å². The minimum Gasteiger partial charge on any atom is -0.457 e. The van der Waals surface area contributed by atoms with Gasteiger partial charge in [-0.25, -0.2) is 0 Å². The predicted molar refractivity (Wildman–Crippen MR) is 98.4 cm³/mol. The third-order valence-corrected chi connectivity index (χ3v) is 5.03. The van der Waals surface area contributed by atoms with Crippen LogP contribution < -0.4 is 4.87 Å². The average molecular weight is 361 g/mol. The number of thiazole rings is 1. The SMILES string of the molecule is CCc1ccc(CC)c(C(=O)COC(=O)CCn2c(C)csc2=O)c1. The second-order valence-corrected chi connectivity index (χ2v) is 6.65. The highest BCUT2D eigenvalue weighted by Gasteiger charge is 2.14. The maximum absolute atomic E-state index is 12.4. The van der Waals surface area contributed by atoms with Crippen molar-refractivity contribution in [3.05, 3.63) is 55.6 Å². The lowest BCUT2D eigenvalue weighted by Gasteiger charge is -2.10. The van der Waals surface area contributed by atoms with Gasteiger partial charge in [0.25, 0.3) is 0 Å². The van der Waals surface area contributed by atoms with E-state index in [1.807, 2.05) is 39.0 Å². The summed E-state index contributed by atoms with van der Waals surface area (Å²) in [4.78, 5) is 35.8. The Morgan fingerprint density at radius 1 is 1.20 bits per heavy atom. The molecule has 0 atom stereocenters. The highest BCUT2D eigenvalue weighted by molar-refractivity contribution is 7.07. The largest absolute Gasteiger partial charge is 0.457 e. The van der Waals surface area contributed by atoms with E-state index in [0.29, 0.717) is 5.56 Å². The molecule has 0 spiro atoms. The molecular formula is C19H23NO4S. The topological polar surface area (TPSA) is 65.4 Å². The lowest BCUT2D eigenvalue weighted by atomic mass is 9.98. The number of ketones is 1. The van der Waals surface area contributed by atoms with E-state index in [4.69, 9.17) is 4.74 Å². The zero-order valence-electron chi connectivity index (χ0n) is 14.8. The number of benzene rings is 1. The van der Waals surface area contributed by atoms with E-state index >= 15 is 0 Å². The van der Waals surface area contributed by atoms with Crippen LogP contribution in [-0.4, -0.2) is 22.9 Å². The lowest BCUT2D eigenvalue weighted by Crippen LogP contribution is -2.20. The van der Waals surface area contributed by atoms with E-state index in [1.54, 1.807) is 5.38 Å². The summed E-state index contributed by atoms with van der Waals surface area (Å²) in [6.45, 7) is 5.84. The van der Waals surface area contributed by atoms with Gasteiger partial charge in [-0.2, -0.15) is 0 Å². The van der Waals surface area contributed by atoms with Crippen molar-refractivity contribution in [2.24, 2.45) is 0 Å². The molecule has 0 N–H and O–H groups in total. The Morgan fingerprint density at radius 3 is 2.56 bits per heavy atom. The van der Waals surface area contributed by atoms with Crippen LogP contribution >= 0.6 is 11.3 Å². The summed E-state index contributed by atoms with van der Waals surface area (Å²) in [6, 6.07) is 5.85. The first-order chi connectivity index (χ1) is 12.0. The molecule has 0 saturated heterocycles. The maximum atomic E-state index is 12.4. The van der Waals surface area contributed by atoms with Gasteiger partial charge in [0.2, 0.25) is 5.78 Å². The predicted octanol–water partition coefficient (Wildman–Crippen LogP) is 3.16. The molecule has 0 aliphatic carbocycles. The maximum Gasteiger partial charge on any atom is 0.308 e. The number of carbonyl (C=O) groups excluding carboxylic acids is 2. The van der Waals surface area contributed by atoms with Crippen molar-refractivity contribution in [1.29, 1.82) is 0 Å². The number of hydrogen-bond donors (Lipinski definition) is 0. The van der Waals surface area contributed by atoms with Gasteiger partial charge in [-0.1, -0.05) is 37.3 Å². The first kappa shape index (κ1) is 19.1. The van der Waals surface area contributed by atoms with Gasteiger partial charge in [-0.15, -0.1) is 0 Å². The van der Waals surface area contributed by atoms with E-state index < -0.39 is 5.97 Å². The molecule has 0 saturated carbocycles. The van der Waals surface area contributed by atoms with Crippen LogP contribution in [0.25, 0.3) is 0 Å². The first-order valence-electron chi connectivity index (χ1n) is 8.41. The van der Waals surface area contributed by atoms with E-state index in [0.717, 1.165) is 41.0 Å². The van der Waals surface area contributed by atoms with Gasteiger partial charge in [0.1, 0.15) is 0 Å². The van der Waals surface area contributed by atoms with Gasteiger partial charge in [-0.05, 0) is 37.0 Å². The molecule has 0 aliphatic rings. The Kier molecular flexibility index (Phi) is 6.70. The molecule has 5 nitrogen and oxygen atoms in total. The number of aryl methyl sites for hydroxylation is 3. The fraction of sp³-hybridized carbons (Fsp3) is 0.421. The summed E-state index contributed by atoms with van der Waals surface area (Å²) < 4.78 is 6.64. The first-order valence-corrected chi connectivity index (χ1v) is 9.29. The summed E-state index contributed by atoms with van der Waals surface area (Å²) in [6.07, 6.45) is 1.67. The van der Waals surface area contributed by atoms with Crippen LogP contribution in [0.3, 0.4) is 0 Å². The Labute approximate surface area is 151 Å². The molecule has 0 aliphatic heterocycles. The molecule has 0 unspecified atom stereocenters. The van der Waals surface area contributed by atoms with Crippen LogP contribution in [0.1, 0.15) is 47.4 Å². The van der Waals surface area contributed by atoms with Crippen LogP contribution in [0.2, 0.25) is 0 Å². The van der Waals surface area contributed by atoms with E-state index in [-0.39, 0.29) is 30.2 Å². The highest BCUT2D eigenvalue weighted by atomic mass is 32.1. The van der Waals surface area contributed by atoms with Crippen LogP contribution in [0.15, 0.2) is 28.4 Å². The number of carbonyl (C=O) groups is 2. The number of nitrogens with zero attached hydrogens (tertiary/aromatic N) is 1. The number of hydrogen-bond acceptors (Lipinski definition) is 5. The Bertz CT molecular complexity index is 819. The number of Topliss-reactive ketones (excluding diaryl/α,β-unsaturated/α-hetero) is 1. The summed E-state index contributed by atoms with van der Waals surface area (Å²) in [7, 11) is 0. The van der Waals surface area contributed by atoms with E-state index in [1.165, 1.54) is 4.57 Å². The van der Waals surface area contributed by atoms with Crippen LogP contribution in [0.4, 0.5) is 0 Å². The molecule has 0 amide bonds. The third-order valence-electron chi connectivity index (χ3n) is 4.14. The van der Waals surface area contributed by atoms with Crippen molar-refractivity contribution >= 4 is 23.1 Å². The number of rotatable bonds is 8. The van der Waals surface area contributed by atoms with Crippen molar-refractivity contribution < 1.29 is 14.3 Å². The molecule has 2 rings (SSSR count). The van der Waals surface area contributed by atoms with Gasteiger partial charge >= 0.3 is 10.8 Å². The molecule has 1 heterocycles. The second-order valence-electron chi connectivity index (χ2n) is 5.83. The normalized spacial score (nSPS) is 10.7. The quantitative estimate of drug-likeness (QED) is 0.535. The van der Waals surface area contributed by atoms with Crippen molar-refractivity contribution in [3.63, 3.8) is 0 Å². The summed E-state index contributed by atoms with van der Waals surface area (Å²) in [5, 5.41) is 1.75. The number of aromatic nitrogens is 1. The minimum atomic E-state index is -0.476. The van der Waals surface area contributed by atoms with E-state index in [2.05, 4.69) is 0 Å². The van der Waals surface area contributed by atoms with Crippen molar-refractivity contribution in [1.82, 2.24) is 4.57 Å². The Balaban J connectivity index is 1.93. The summed E-state index contributed by atoms with van der Waals surface area (Å²) in [5.41, 5.74) is 3.49. The Hall–Kier alpha value is -2.21. The van der Waals surface area contributed by atoms with Gasteiger partial charge < -0.3 is 9.30 Å². The molecule has 1 aromatic heterocycles. The number of ether oxygens (including phenoxy) is 1. The fourth-order valence-electron chi connectivity index (χ4n) is 2.59. The minimum absolute atomic E-state index is 0.0698. The smallest absolute Gasteiger partial charge is 0.308 e. The van der Waals surface area contributed by atoms with Gasteiger partial charge in [-0.3, -0.25) is 14.4 Å². The molecule has 0 radical (unpaired) electrons. The monoisotopic (exact) mass is 361 g/mol. The number of esters is 1. The summed E-state index contributed by atoms with van der Waals surface area (Å²) >= 11 is 1.11. The average Bonchev–Trinajstić information content (AvgIpc) is 2.95. The molecule has 134 valence electrons. The van der Waals surface area contributed by atoms with Crippen molar-refractivity contribution in [3.8, 4) is 0 Å². The summed E-state index contributed by atoms with van der Waals surface area (Å²) in [5.74, 6) is -0.667. The zero-order chi connectivity index (χ0) is 18.4. The van der Waals surface area contributed by atoms with Crippen molar-refractivity contribution in [2.75, 3.05) is 6.61 Å². The molecule has 25 heavy (non-hydrogen) atoms. The molecule has 2 aromatic rings. The standard InChI is InChI=1S/C19H23NO4S/c1-4-14-6-7-15(5-2)16(10-14)17(21)11-24-18(22)8-9-20-13(3)12-25-19(20)23/h6-7,10,12H,4-5,8-9,11H2,1-3H3. The highest BCUT2D eigenvalue weighted by Crippen LogP contribution is 2.15. The molecule has 0 bridgehead atoms. The van der Waals surface area contributed by atoms with Crippen LogP contribution in [-0.2, 0) is 28.9 Å². The molecule has 0 fully saturated rings. The zero-order valence-corrected chi connectivity index (χ0v) is 15.6. The van der Waals surface area contributed by atoms with Gasteiger partial charge in [0.15, 0.2) is 6.61 Å². The van der Waals surface area contributed by atoms with Gasteiger partial charge in [0.05, 0.1) is 6.42 Å². The molecule has 6 heteroatoms. The lowest BCUT2D eigenvalue weighted by molar-refractivity contribution is -0.142. The van der Waals surface area contributed by atoms with E-state index in [9.17, 15) is 14.4 Å². The molecular weight excluding hydrogens is 338 g/mol. The van der Waals surface area contributed by atoms with Gasteiger partial charge in [0, 0.05) is 23.2 Å². The molecule has 1 aromatic carbocycles. The third kappa shape index (κ3) is 4.89. The Morgan fingerprint density at radius 2 is 1.96 bits per heavy atom. The van der Waals surface area contributed by atoms with Crippen LogP contribution in [0.5, 0.6) is 0 Å². The fourth-order valence-corrected chi connectivity index (χ4v) is 3.35.